The molecule has 0 aliphatic carbocycles. The molecule has 0 bridgehead atoms. The van der Waals surface area contributed by atoms with Crippen molar-refractivity contribution in [3.05, 3.63) is 35.7 Å². The minimum Gasteiger partial charge on any atom is -0.357 e. The Bertz CT molecular complexity index is 516. The zero-order valence-electron chi connectivity index (χ0n) is 11.8. The lowest BCUT2D eigenvalue weighted by molar-refractivity contribution is 0.387. The Balaban J connectivity index is 0.00000200. The zero-order valence-corrected chi connectivity index (χ0v) is 14.1. The van der Waals surface area contributed by atoms with Gasteiger partial charge in [0.05, 0.1) is 6.54 Å². The molecule has 7 nitrogen and oxygen atoms in total. The highest BCUT2D eigenvalue weighted by Gasteiger charge is 2.04. The summed E-state index contributed by atoms with van der Waals surface area (Å²) < 4.78 is 6.91. The fourth-order valence-corrected chi connectivity index (χ4v) is 1.65. The quantitative estimate of drug-likeness (QED) is 0.466. The second kappa shape index (κ2) is 7.88. The van der Waals surface area contributed by atoms with E-state index in [9.17, 15) is 0 Å². The molecular formula is C12H19IN6O. The summed E-state index contributed by atoms with van der Waals surface area (Å²) in [7, 11) is 3.72. The normalized spacial score (nSPS) is 11.1. The van der Waals surface area contributed by atoms with Gasteiger partial charge in [-0.2, -0.15) is 4.98 Å². The van der Waals surface area contributed by atoms with Crippen molar-refractivity contribution in [3.8, 4) is 0 Å². The molecule has 110 valence electrons. The van der Waals surface area contributed by atoms with Gasteiger partial charge in [-0.1, -0.05) is 5.16 Å². The van der Waals surface area contributed by atoms with Gasteiger partial charge in [-0.15, -0.1) is 24.0 Å². The second-order valence-corrected chi connectivity index (χ2v) is 4.19. The lowest BCUT2D eigenvalue weighted by atomic mass is 10.3. The number of nitrogens with zero attached hydrogens (tertiary/aromatic N) is 4. The first-order chi connectivity index (χ1) is 9.17. The van der Waals surface area contributed by atoms with Gasteiger partial charge in [-0.25, -0.2) is 0 Å². The van der Waals surface area contributed by atoms with Crippen molar-refractivity contribution in [1.82, 2.24) is 25.3 Å². The van der Waals surface area contributed by atoms with Crippen LogP contribution in [0.3, 0.4) is 0 Å². The van der Waals surface area contributed by atoms with Gasteiger partial charge in [0.15, 0.2) is 11.8 Å². The van der Waals surface area contributed by atoms with Crippen molar-refractivity contribution >= 4 is 29.9 Å². The van der Waals surface area contributed by atoms with Crippen LogP contribution in [0.15, 0.2) is 28.0 Å². The van der Waals surface area contributed by atoms with Crippen molar-refractivity contribution in [3.63, 3.8) is 0 Å². The van der Waals surface area contributed by atoms with E-state index in [4.69, 9.17) is 4.52 Å². The molecule has 0 saturated carbocycles. The third-order valence-electron chi connectivity index (χ3n) is 2.56. The first-order valence-electron chi connectivity index (χ1n) is 6.02. The molecule has 0 aliphatic heterocycles. The Hall–Kier alpha value is -1.58. The van der Waals surface area contributed by atoms with E-state index in [-0.39, 0.29) is 24.0 Å². The van der Waals surface area contributed by atoms with Crippen LogP contribution in [0.5, 0.6) is 0 Å². The van der Waals surface area contributed by atoms with Crippen molar-refractivity contribution in [1.29, 1.82) is 0 Å². The predicted octanol–water partition coefficient (Wildman–Crippen LogP) is 1.20. The SMILES string of the molecule is CN=C(NCc1ccn(C)c1)NCc1noc(C)n1.I. The van der Waals surface area contributed by atoms with Gasteiger partial charge in [0.25, 0.3) is 0 Å². The summed E-state index contributed by atoms with van der Waals surface area (Å²) in [5.41, 5.74) is 1.20. The molecule has 2 N–H and O–H groups in total. The summed E-state index contributed by atoms with van der Waals surface area (Å²) in [6, 6.07) is 2.06. The highest BCUT2D eigenvalue weighted by Crippen LogP contribution is 1.98. The molecule has 2 rings (SSSR count). The van der Waals surface area contributed by atoms with Gasteiger partial charge < -0.3 is 19.7 Å². The van der Waals surface area contributed by atoms with Gasteiger partial charge in [0.2, 0.25) is 5.89 Å². The molecule has 0 aromatic carbocycles. The maximum absolute atomic E-state index is 4.90. The number of rotatable bonds is 4. The van der Waals surface area contributed by atoms with Crippen molar-refractivity contribution in [2.45, 2.75) is 20.0 Å². The van der Waals surface area contributed by atoms with Gasteiger partial charge in [0, 0.05) is 40.0 Å². The monoisotopic (exact) mass is 390 g/mol. The van der Waals surface area contributed by atoms with E-state index in [2.05, 4.69) is 38.0 Å². The third kappa shape index (κ3) is 4.83. The van der Waals surface area contributed by atoms with Gasteiger partial charge in [-0.3, -0.25) is 4.99 Å². The Labute approximate surface area is 134 Å². The third-order valence-corrected chi connectivity index (χ3v) is 2.56. The minimum absolute atomic E-state index is 0. The molecule has 0 aliphatic rings. The molecule has 0 radical (unpaired) electrons. The van der Waals surface area contributed by atoms with E-state index < -0.39 is 0 Å². The summed E-state index contributed by atoms with van der Waals surface area (Å²) in [6.07, 6.45) is 4.07. The maximum Gasteiger partial charge on any atom is 0.223 e. The molecule has 0 amide bonds. The van der Waals surface area contributed by atoms with Crippen LogP contribution in [0.1, 0.15) is 17.3 Å². The molecule has 20 heavy (non-hydrogen) atoms. The molecule has 0 spiro atoms. The Morgan fingerprint density at radius 3 is 2.70 bits per heavy atom. The summed E-state index contributed by atoms with van der Waals surface area (Å²) in [5.74, 6) is 1.87. The number of hydrogen-bond donors (Lipinski definition) is 2. The number of halogens is 1. The number of guanidine groups is 1. The predicted molar refractivity (Wildman–Crippen MR) is 86.9 cm³/mol. The molecule has 8 heteroatoms. The molecular weight excluding hydrogens is 371 g/mol. The van der Waals surface area contributed by atoms with Crippen molar-refractivity contribution < 1.29 is 4.52 Å². The van der Waals surface area contributed by atoms with E-state index in [1.165, 1.54) is 5.56 Å². The standard InChI is InChI=1S/C12H18N6O.HI/c1-9-16-11(17-19-9)7-15-12(13-2)14-6-10-4-5-18(3)8-10;/h4-5,8H,6-7H2,1-3H3,(H2,13,14,15);1H. The maximum atomic E-state index is 4.90. The number of hydrogen-bond acceptors (Lipinski definition) is 4. The van der Waals surface area contributed by atoms with Crippen LogP contribution in [-0.2, 0) is 20.1 Å². The molecule has 2 aromatic heterocycles. The van der Waals surface area contributed by atoms with E-state index in [1.807, 2.05) is 17.8 Å². The Morgan fingerprint density at radius 2 is 2.15 bits per heavy atom. The fourth-order valence-electron chi connectivity index (χ4n) is 1.65. The Kier molecular flexibility index (Phi) is 6.49. The van der Waals surface area contributed by atoms with Crippen molar-refractivity contribution in [2.75, 3.05) is 7.05 Å². The summed E-state index contributed by atoms with van der Waals surface area (Å²) >= 11 is 0. The number of aromatic nitrogens is 3. The Morgan fingerprint density at radius 1 is 1.40 bits per heavy atom. The van der Waals surface area contributed by atoms with Crippen LogP contribution in [0.25, 0.3) is 0 Å². The van der Waals surface area contributed by atoms with E-state index >= 15 is 0 Å². The van der Waals surface area contributed by atoms with Crippen LogP contribution in [0.4, 0.5) is 0 Å². The average molecular weight is 390 g/mol. The van der Waals surface area contributed by atoms with Crippen LogP contribution in [-0.4, -0.2) is 27.7 Å². The molecule has 2 aromatic rings. The van der Waals surface area contributed by atoms with Crippen LogP contribution in [0, 0.1) is 6.92 Å². The van der Waals surface area contributed by atoms with Crippen LogP contribution < -0.4 is 10.6 Å². The van der Waals surface area contributed by atoms with Gasteiger partial charge in [-0.05, 0) is 11.6 Å². The topological polar surface area (TPSA) is 80.3 Å². The number of aryl methyl sites for hydroxylation is 2. The lowest BCUT2D eigenvalue weighted by Gasteiger charge is -2.09. The second-order valence-electron chi connectivity index (χ2n) is 4.19. The molecule has 0 saturated heterocycles. The van der Waals surface area contributed by atoms with E-state index in [0.717, 1.165) is 0 Å². The molecule has 0 atom stereocenters. The first kappa shape index (κ1) is 16.5. The number of aliphatic imine (C=N–C) groups is 1. The highest BCUT2D eigenvalue weighted by molar-refractivity contribution is 14.0. The molecule has 2 heterocycles. The smallest absolute Gasteiger partial charge is 0.223 e. The summed E-state index contributed by atoms with van der Waals surface area (Å²) in [5, 5.41) is 10.1. The largest absolute Gasteiger partial charge is 0.357 e. The minimum atomic E-state index is 0. The van der Waals surface area contributed by atoms with Gasteiger partial charge >= 0.3 is 0 Å². The van der Waals surface area contributed by atoms with Crippen LogP contribution in [0.2, 0.25) is 0 Å². The summed E-state index contributed by atoms with van der Waals surface area (Å²) in [4.78, 5) is 8.25. The first-order valence-corrected chi connectivity index (χ1v) is 6.02. The fraction of sp³-hybridized carbons (Fsp3) is 0.417. The van der Waals surface area contributed by atoms with Crippen LogP contribution >= 0.6 is 24.0 Å². The molecule has 0 fully saturated rings. The lowest BCUT2D eigenvalue weighted by Crippen LogP contribution is -2.36. The summed E-state index contributed by atoms with van der Waals surface area (Å²) in [6.45, 7) is 2.95. The highest BCUT2D eigenvalue weighted by atomic mass is 127. The van der Waals surface area contributed by atoms with Crippen molar-refractivity contribution in [2.24, 2.45) is 12.0 Å². The average Bonchev–Trinajstić information content (AvgIpc) is 2.99. The van der Waals surface area contributed by atoms with E-state index in [1.54, 1.807) is 14.0 Å². The number of nitrogens with one attached hydrogen (secondary N) is 2. The zero-order chi connectivity index (χ0) is 13.7. The van der Waals surface area contributed by atoms with E-state index in [0.29, 0.717) is 30.8 Å². The van der Waals surface area contributed by atoms with Gasteiger partial charge in [0.1, 0.15) is 0 Å². The molecule has 0 unspecified atom stereocenters.